The molecule has 0 amide bonds. The fourth-order valence-corrected chi connectivity index (χ4v) is 0.737. The molecule has 1 N–H and O–H groups in total. The van der Waals surface area contributed by atoms with Gasteiger partial charge in [-0.1, -0.05) is 0 Å². The molecule has 0 aliphatic rings. The van der Waals surface area contributed by atoms with Gasteiger partial charge < -0.3 is 5.11 Å². The van der Waals surface area contributed by atoms with E-state index in [9.17, 15) is 4.79 Å². The van der Waals surface area contributed by atoms with Crippen LogP contribution in [0.25, 0.3) is 0 Å². The number of likely N-dealkylation sites (N-methyl/N-ethyl adjacent to an activating group) is 1. The molecule has 0 aromatic heterocycles. The van der Waals surface area contributed by atoms with Crippen molar-refractivity contribution in [1.82, 2.24) is 4.90 Å². The summed E-state index contributed by atoms with van der Waals surface area (Å²) < 4.78 is 13.8. The fraction of sp³-hybridized carbons (Fsp3) is 0.800. The number of nitrogens with zero attached hydrogens (tertiary/aromatic N) is 1. The van der Waals surface area contributed by atoms with Crippen molar-refractivity contribution in [2.24, 2.45) is 0 Å². The van der Waals surface area contributed by atoms with Gasteiger partial charge in [-0.05, 0) is 14.0 Å². The second-order valence-electron chi connectivity index (χ2n) is 1.63. The summed E-state index contributed by atoms with van der Waals surface area (Å²) in [5.41, 5.74) is 0. The van der Waals surface area contributed by atoms with Gasteiger partial charge in [0.15, 0.2) is 0 Å². The van der Waals surface area contributed by atoms with Crippen molar-refractivity contribution in [3.05, 3.63) is 0 Å². The van der Waals surface area contributed by atoms with E-state index in [1.54, 1.807) is 0 Å². The summed E-state index contributed by atoms with van der Waals surface area (Å²) in [5, 5.41) is 8.55. The van der Waals surface area contributed by atoms with Crippen molar-refractivity contribution in [3.63, 3.8) is 0 Å². The standard InChI is InChI=1S/C5H11NO2S/c1-6(2)4(3-9)5(7)8/h4,9H,3H2,1-2H3,(H,7,8)/t4-/m0/s1/i1D,2D. The second-order valence-corrected chi connectivity index (χ2v) is 1.99. The molecular weight excluding hydrogens is 138 g/mol. The van der Waals surface area contributed by atoms with Crippen LogP contribution in [0.15, 0.2) is 0 Å². The summed E-state index contributed by atoms with van der Waals surface area (Å²) in [5.74, 6) is -0.896. The van der Waals surface area contributed by atoms with E-state index in [0.29, 0.717) is 0 Å². The van der Waals surface area contributed by atoms with Gasteiger partial charge in [0, 0.05) is 8.49 Å². The highest BCUT2D eigenvalue weighted by atomic mass is 32.1. The first-order chi connectivity index (χ1) is 5.17. The lowest BCUT2D eigenvalue weighted by Gasteiger charge is -2.16. The summed E-state index contributed by atoms with van der Waals surface area (Å²) >= 11 is 3.81. The predicted octanol–water partition coefficient (Wildman–Crippen LogP) is -0.0690. The second kappa shape index (κ2) is 3.74. The predicted molar refractivity (Wildman–Crippen MR) is 39.0 cm³/mol. The zero-order chi connectivity index (χ0) is 8.85. The van der Waals surface area contributed by atoms with E-state index in [-0.39, 0.29) is 19.8 Å². The molecule has 4 heteroatoms. The smallest absolute Gasteiger partial charge is 0.321 e. The number of hydrogen-bond acceptors (Lipinski definition) is 3. The summed E-state index contributed by atoms with van der Waals surface area (Å²) in [4.78, 5) is 11.6. The van der Waals surface area contributed by atoms with Gasteiger partial charge in [-0.15, -0.1) is 0 Å². The van der Waals surface area contributed by atoms with E-state index < -0.39 is 12.0 Å². The molecule has 0 aliphatic carbocycles. The van der Waals surface area contributed by atoms with Crippen molar-refractivity contribution in [2.45, 2.75) is 6.04 Å². The average molecular weight is 151 g/mol. The molecule has 0 radical (unpaired) electrons. The van der Waals surface area contributed by atoms with E-state index in [4.69, 9.17) is 7.85 Å². The van der Waals surface area contributed by atoms with Crippen LogP contribution in [0.1, 0.15) is 2.74 Å². The Bertz CT molecular complexity index is 132. The molecule has 1 atom stereocenters. The van der Waals surface area contributed by atoms with Crippen molar-refractivity contribution in [1.29, 1.82) is 0 Å². The van der Waals surface area contributed by atoms with Gasteiger partial charge in [0.25, 0.3) is 0 Å². The van der Waals surface area contributed by atoms with Crippen LogP contribution in [0.3, 0.4) is 0 Å². The van der Waals surface area contributed by atoms with Gasteiger partial charge in [-0.25, -0.2) is 0 Å². The average Bonchev–Trinajstić information content (AvgIpc) is 1.99. The summed E-state index contributed by atoms with van der Waals surface area (Å²) in [6, 6.07) is -0.812. The van der Waals surface area contributed by atoms with E-state index in [1.165, 1.54) is 4.90 Å². The lowest BCUT2D eigenvalue weighted by molar-refractivity contribution is -0.141. The number of carboxylic acid groups (broad SMARTS) is 1. The van der Waals surface area contributed by atoms with Crippen LogP contribution in [0, 0.1) is 0 Å². The molecule has 54 valence electrons. The Morgan fingerprint density at radius 2 is 2.56 bits per heavy atom. The summed E-state index contributed by atoms with van der Waals surface area (Å²) in [7, 11) is -0.359. The molecule has 0 rings (SSSR count). The zero-order valence-electron chi connectivity index (χ0n) is 6.95. The van der Waals surface area contributed by atoms with Crippen molar-refractivity contribution >= 4 is 18.6 Å². The number of thiol groups is 1. The molecule has 0 aliphatic heterocycles. The van der Waals surface area contributed by atoms with Gasteiger partial charge in [-0.3, -0.25) is 9.69 Å². The molecule has 3 nitrogen and oxygen atoms in total. The maximum absolute atomic E-state index is 10.4. The lowest BCUT2D eigenvalue weighted by atomic mass is 10.3. The molecule has 0 aromatic carbocycles. The number of carboxylic acids is 1. The third-order valence-corrected chi connectivity index (χ3v) is 1.24. The van der Waals surface area contributed by atoms with Crippen LogP contribution in [0.4, 0.5) is 0 Å². The van der Waals surface area contributed by atoms with Crippen LogP contribution in [0.2, 0.25) is 0 Å². The van der Waals surface area contributed by atoms with Crippen molar-refractivity contribution < 1.29 is 12.6 Å². The lowest BCUT2D eigenvalue weighted by Crippen LogP contribution is -2.37. The highest BCUT2D eigenvalue weighted by Crippen LogP contribution is 1.94. The molecule has 0 heterocycles. The molecule has 0 unspecified atom stereocenters. The SMILES string of the molecule is [2H]CN(C[2H])[C@@H](CS)C(=O)O. The molecule has 0 spiro atoms. The highest BCUT2D eigenvalue weighted by molar-refractivity contribution is 7.80. The first-order valence-corrected chi connectivity index (χ1v) is 2.96. The molecule has 0 aromatic rings. The minimum absolute atomic E-state index is 0.132. The third-order valence-electron chi connectivity index (χ3n) is 0.899. The van der Waals surface area contributed by atoms with Crippen LogP contribution in [0.5, 0.6) is 0 Å². The zero-order valence-corrected chi connectivity index (χ0v) is 5.84. The number of carbonyl (C=O) groups is 1. The Morgan fingerprint density at radius 1 is 2.00 bits per heavy atom. The molecule has 0 bridgehead atoms. The summed E-state index contributed by atoms with van der Waals surface area (Å²) in [6.45, 7) is 0. The monoisotopic (exact) mass is 151 g/mol. The van der Waals surface area contributed by atoms with Gasteiger partial charge in [0.2, 0.25) is 0 Å². The van der Waals surface area contributed by atoms with Crippen molar-refractivity contribution in [3.8, 4) is 0 Å². The maximum Gasteiger partial charge on any atom is 0.321 e. The molecule has 9 heavy (non-hydrogen) atoms. The Kier molecular flexibility index (Phi) is 2.31. The number of rotatable bonds is 3. The van der Waals surface area contributed by atoms with Crippen molar-refractivity contribution in [2.75, 3.05) is 19.8 Å². The maximum atomic E-state index is 10.4. The van der Waals surface area contributed by atoms with Crippen LogP contribution in [-0.4, -0.2) is 41.8 Å². The van der Waals surface area contributed by atoms with E-state index in [0.717, 1.165) is 0 Å². The quantitative estimate of drug-likeness (QED) is 0.555. The highest BCUT2D eigenvalue weighted by Gasteiger charge is 2.16. The Morgan fingerprint density at radius 3 is 2.67 bits per heavy atom. The molecule has 0 fully saturated rings. The topological polar surface area (TPSA) is 40.5 Å². The van der Waals surface area contributed by atoms with E-state index in [1.807, 2.05) is 0 Å². The molecule has 0 saturated heterocycles. The Labute approximate surface area is 62.9 Å². The normalized spacial score (nSPS) is 16.7. The van der Waals surface area contributed by atoms with Gasteiger partial charge in [0.05, 0.1) is 0 Å². The van der Waals surface area contributed by atoms with Gasteiger partial charge in [-0.2, -0.15) is 12.6 Å². The minimum Gasteiger partial charge on any atom is -0.480 e. The minimum atomic E-state index is -1.03. The first-order valence-electron chi connectivity index (χ1n) is 3.75. The van der Waals surface area contributed by atoms with Crippen LogP contribution < -0.4 is 0 Å². The Balaban J connectivity index is 4.09. The Hall–Kier alpha value is -0.220. The molecule has 0 saturated carbocycles. The van der Waals surface area contributed by atoms with Gasteiger partial charge >= 0.3 is 5.97 Å². The summed E-state index contributed by atoms with van der Waals surface area (Å²) in [6.07, 6.45) is 0. The van der Waals surface area contributed by atoms with Crippen LogP contribution >= 0.6 is 12.6 Å². The van der Waals surface area contributed by atoms with Crippen LogP contribution in [-0.2, 0) is 4.79 Å². The number of hydrogen-bond donors (Lipinski definition) is 2. The van der Waals surface area contributed by atoms with E-state index in [2.05, 4.69) is 12.6 Å². The first kappa shape index (κ1) is 5.56. The number of aliphatic carboxylic acids is 1. The van der Waals surface area contributed by atoms with E-state index >= 15 is 0 Å². The third kappa shape index (κ3) is 2.72. The molecular formula is C5H11NO2S. The fourth-order valence-electron chi connectivity index (χ4n) is 0.350. The van der Waals surface area contributed by atoms with Gasteiger partial charge in [0.1, 0.15) is 6.04 Å². The largest absolute Gasteiger partial charge is 0.480 e.